The number of rotatable bonds is 7. The third-order valence-corrected chi connectivity index (χ3v) is 3.23. The van der Waals surface area contributed by atoms with Crippen molar-refractivity contribution in [3.8, 4) is 12.3 Å². The molecule has 0 heterocycles. The van der Waals surface area contributed by atoms with Crippen molar-refractivity contribution in [3.63, 3.8) is 0 Å². The van der Waals surface area contributed by atoms with Crippen molar-refractivity contribution in [2.24, 2.45) is 0 Å². The summed E-state index contributed by atoms with van der Waals surface area (Å²) >= 11 is 1.52. The molecule has 0 saturated carbocycles. The molecule has 0 unspecified atom stereocenters. The van der Waals surface area contributed by atoms with Crippen LogP contribution in [0.5, 0.6) is 0 Å². The van der Waals surface area contributed by atoms with Crippen molar-refractivity contribution in [1.82, 2.24) is 10.6 Å². The molecule has 1 rings (SSSR count). The predicted molar refractivity (Wildman–Crippen MR) is 76.4 cm³/mol. The molecule has 1 amide bonds. The van der Waals surface area contributed by atoms with Crippen LogP contribution in [0, 0.1) is 12.3 Å². The van der Waals surface area contributed by atoms with Gasteiger partial charge in [-0.15, -0.1) is 18.2 Å². The third kappa shape index (κ3) is 5.76. The number of hydrogen-bond acceptors (Lipinski definition) is 3. The molecule has 96 valence electrons. The lowest BCUT2D eigenvalue weighted by molar-refractivity contribution is -0.118. The van der Waals surface area contributed by atoms with Crippen molar-refractivity contribution in [3.05, 3.63) is 29.8 Å². The standard InChI is InChI=1S/C14H18N2OS/c1-3-8-16-14(17)11-18-13-7-5-6-12(9-13)10-15-4-2/h1,5-7,9,15H,4,8,10-11H2,2H3,(H,16,17). The lowest BCUT2D eigenvalue weighted by Gasteiger charge is -2.05. The summed E-state index contributed by atoms with van der Waals surface area (Å²) in [6.45, 7) is 4.17. The van der Waals surface area contributed by atoms with Gasteiger partial charge >= 0.3 is 0 Å². The first-order valence-electron chi connectivity index (χ1n) is 5.89. The molecule has 0 fully saturated rings. The maximum Gasteiger partial charge on any atom is 0.231 e. The average molecular weight is 262 g/mol. The smallest absolute Gasteiger partial charge is 0.231 e. The lowest BCUT2D eigenvalue weighted by atomic mass is 10.2. The van der Waals surface area contributed by atoms with Gasteiger partial charge in [0.05, 0.1) is 12.3 Å². The molecule has 18 heavy (non-hydrogen) atoms. The molecule has 1 aromatic carbocycles. The Morgan fingerprint density at radius 1 is 1.50 bits per heavy atom. The highest BCUT2D eigenvalue weighted by atomic mass is 32.2. The fourth-order valence-electron chi connectivity index (χ4n) is 1.36. The molecule has 0 radical (unpaired) electrons. The molecule has 3 nitrogen and oxygen atoms in total. The van der Waals surface area contributed by atoms with E-state index >= 15 is 0 Å². The summed E-state index contributed by atoms with van der Waals surface area (Å²) in [5, 5.41) is 5.92. The minimum atomic E-state index is -0.0324. The van der Waals surface area contributed by atoms with Gasteiger partial charge in [-0.1, -0.05) is 25.0 Å². The Hall–Kier alpha value is -1.44. The molecular weight excluding hydrogens is 244 g/mol. The Morgan fingerprint density at radius 2 is 2.33 bits per heavy atom. The molecule has 0 aromatic heterocycles. The summed E-state index contributed by atoms with van der Waals surface area (Å²) in [6, 6.07) is 8.19. The van der Waals surface area contributed by atoms with E-state index in [1.165, 1.54) is 17.3 Å². The van der Waals surface area contributed by atoms with Crippen LogP contribution in [0.3, 0.4) is 0 Å². The Morgan fingerprint density at radius 3 is 3.06 bits per heavy atom. The monoisotopic (exact) mass is 262 g/mol. The van der Waals surface area contributed by atoms with E-state index in [9.17, 15) is 4.79 Å². The number of thioether (sulfide) groups is 1. The zero-order valence-electron chi connectivity index (χ0n) is 10.5. The maximum atomic E-state index is 11.4. The highest BCUT2D eigenvalue weighted by Gasteiger charge is 2.02. The van der Waals surface area contributed by atoms with E-state index in [1.54, 1.807) is 0 Å². The number of carbonyl (C=O) groups excluding carboxylic acids is 1. The third-order valence-electron chi connectivity index (χ3n) is 2.24. The minimum Gasteiger partial charge on any atom is -0.344 e. The molecule has 0 aliphatic heterocycles. The first kappa shape index (κ1) is 14.6. The van der Waals surface area contributed by atoms with Crippen LogP contribution in [0.1, 0.15) is 12.5 Å². The minimum absolute atomic E-state index is 0.0324. The average Bonchev–Trinajstić information content (AvgIpc) is 2.41. The highest BCUT2D eigenvalue weighted by Crippen LogP contribution is 2.18. The van der Waals surface area contributed by atoms with Gasteiger partial charge in [-0.05, 0) is 24.2 Å². The number of terminal acetylenes is 1. The molecule has 0 spiro atoms. The van der Waals surface area contributed by atoms with Gasteiger partial charge in [0.15, 0.2) is 0 Å². The number of carbonyl (C=O) groups is 1. The largest absolute Gasteiger partial charge is 0.344 e. The Kier molecular flexibility index (Phi) is 7.00. The van der Waals surface area contributed by atoms with Crippen molar-refractivity contribution in [2.75, 3.05) is 18.8 Å². The second-order valence-electron chi connectivity index (χ2n) is 3.70. The van der Waals surface area contributed by atoms with Gasteiger partial charge in [-0.25, -0.2) is 0 Å². The molecule has 4 heteroatoms. The van der Waals surface area contributed by atoms with Crippen LogP contribution in [0.15, 0.2) is 29.2 Å². The number of nitrogens with one attached hydrogen (secondary N) is 2. The van der Waals surface area contributed by atoms with Gasteiger partial charge in [-0.3, -0.25) is 4.79 Å². The van der Waals surface area contributed by atoms with Gasteiger partial charge in [0, 0.05) is 11.4 Å². The van der Waals surface area contributed by atoms with Crippen LogP contribution in [0.4, 0.5) is 0 Å². The van der Waals surface area contributed by atoms with Crippen molar-refractivity contribution < 1.29 is 4.79 Å². The van der Waals surface area contributed by atoms with E-state index in [1.807, 2.05) is 12.1 Å². The molecule has 0 aliphatic carbocycles. The molecule has 0 atom stereocenters. The van der Waals surface area contributed by atoms with Gasteiger partial charge in [0.25, 0.3) is 0 Å². The molecule has 1 aromatic rings. The summed E-state index contributed by atoms with van der Waals surface area (Å²) in [5.74, 6) is 2.74. The van der Waals surface area contributed by atoms with E-state index in [2.05, 4.69) is 35.6 Å². The zero-order chi connectivity index (χ0) is 13.2. The van der Waals surface area contributed by atoms with Crippen LogP contribution < -0.4 is 10.6 Å². The second-order valence-corrected chi connectivity index (χ2v) is 4.75. The quantitative estimate of drug-likeness (QED) is 0.580. The molecule has 0 saturated heterocycles. The normalized spacial score (nSPS) is 9.78. The summed E-state index contributed by atoms with van der Waals surface area (Å²) in [5.41, 5.74) is 1.23. The fourth-order valence-corrected chi connectivity index (χ4v) is 2.17. The number of benzene rings is 1. The van der Waals surface area contributed by atoms with Crippen LogP contribution in [-0.2, 0) is 11.3 Å². The Labute approximate surface area is 113 Å². The molecular formula is C14H18N2OS. The fraction of sp³-hybridized carbons (Fsp3) is 0.357. The molecule has 0 bridgehead atoms. The maximum absolute atomic E-state index is 11.4. The van der Waals surface area contributed by atoms with Crippen molar-refractivity contribution in [2.45, 2.75) is 18.4 Å². The van der Waals surface area contributed by atoms with Crippen LogP contribution >= 0.6 is 11.8 Å². The van der Waals surface area contributed by atoms with Crippen LogP contribution in [-0.4, -0.2) is 24.7 Å². The first-order chi connectivity index (χ1) is 8.76. The number of hydrogen-bond donors (Lipinski definition) is 2. The summed E-state index contributed by atoms with van der Waals surface area (Å²) in [6.07, 6.45) is 5.07. The zero-order valence-corrected chi connectivity index (χ0v) is 11.3. The molecule has 0 aliphatic rings. The van der Waals surface area contributed by atoms with Crippen LogP contribution in [0.2, 0.25) is 0 Å². The lowest BCUT2D eigenvalue weighted by Crippen LogP contribution is -2.25. The molecule has 2 N–H and O–H groups in total. The Bertz CT molecular complexity index is 426. The topological polar surface area (TPSA) is 41.1 Å². The van der Waals surface area contributed by atoms with Crippen molar-refractivity contribution in [1.29, 1.82) is 0 Å². The van der Waals surface area contributed by atoms with Crippen LogP contribution in [0.25, 0.3) is 0 Å². The van der Waals surface area contributed by atoms with Gasteiger partial charge in [0.1, 0.15) is 0 Å². The summed E-state index contributed by atoms with van der Waals surface area (Å²) in [4.78, 5) is 12.5. The Balaban J connectivity index is 2.42. The van der Waals surface area contributed by atoms with E-state index in [-0.39, 0.29) is 5.91 Å². The number of amides is 1. The van der Waals surface area contributed by atoms with E-state index in [0.717, 1.165) is 18.0 Å². The van der Waals surface area contributed by atoms with Gasteiger partial charge < -0.3 is 10.6 Å². The summed E-state index contributed by atoms with van der Waals surface area (Å²) in [7, 11) is 0. The predicted octanol–water partition coefficient (Wildman–Crippen LogP) is 1.64. The van der Waals surface area contributed by atoms with Crippen molar-refractivity contribution >= 4 is 17.7 Å². The van der Waals surface area contributed by atoms with Gasteiger partial charge in [0.2, 0.25) is 5.91 Å². The first-order valence-corrected chi connectivity index (χ1v) is 6.87. The second kappa shape index (κ2) is 8.62. The summed E-state index contributed by atoms with van der Waals surface area (Å²) < 4.78 is 0. The highest BCUT2D eigenvalue weighted by molar-refractivity contribution is 8.00. The van der Waals surface area contributed by atoms with E-state index in [0.29, 0.717) is 12.3 Å². The SMILES string of the molecule is C#CCNC(=O)CSc1cccc(CNCC)c1. The van der Waals surface area contributed by atoms with Gasteiger partial charge in [-0.2, -0.15) is 0 Å². The van der Waals surface area contributed by atoms with E-state index in [4.69, 9.17) is 6.42 Å². The van der Waals surface area contributed by atoms with E-state index < -0.39 is 0 Å².